The van der Waals surface area contributed by atoms with Crippen LogP contribution in [0.2, 0.25) is 5.02 Å². The van der Waals surface area contributed by atoms with Crippen LogP contribution in [-0.2, 0) is 0 Å². The average Bonchev–Trinajstić information content (AvgIpc) is 2.98. The largest absolute Gasteiger partial charge is 0.342 e. The molecule has 0 fully saturated rings. The van der Waals surface area contributed by atoms with E-state index in [0.717, 1.165) is 17.1 Å². The first-order valence-electron chi connectivity index (χ1n) is 7.15. The number of hydrogen-bond donors (Lipinski definition) is 2. The molecule has 2 aromatic carbocycles. The molecule has 0 bridgehead atoms. The first-order valence-corrected chi connectivity index (χ1v) is 7.53. The highest BCUT2D eigenvalue weighted by molar-refractivity contribution is 6.31. The number of amides is 1. The summed E-state index contributed by atoms with van der Waals surface area (Å²) in [7, 11) is 0. The molecule has 3 aromatic rings. The molecule has 0 aliphatic carbocycles. The fraction of sp³-hybridized carbons (Fsp3) is 0.125. The summed E-state index contributed by atoms with van der Waals surface area (Å²) in [6.45, 7) is 1.75. The smallest absolute Gasteiger partial charge is 0.283 e. The Labute approximate surface area is 141 Å². The monoisotopic (exact) mass is 344 g/mol. The maximum Gasteiger partial charge on any atom is 0.283 e. The summed E-state index contributed by atoms with van der Waals surface area (Å²) in [5, 5.41) is 14.0. The molecule has 24 heavy (non-hydrogen) atoms. The lowest BCUT2D eigenvalue weighted by atomic mass is 10.1. The number of rotatable bonds is 4. The van der Waals surface area contributed by atoms with Crippen LogP contribution in [0.1, 0.15) is 29.1 Å². The number of aromatic nitrogens is 2. The lowest BCUT2D eigenvalue weighted by Gasteiger charge is -2.11. The number of nitro groups is 1. The van der Waals surface area contributed by atoms with Crippen molar-refractivity contribution in [3.8, 4) is 0 Å². The molecule has 1 unspecified atom stereocenters. The third-order valence-corrected chi connectivity index (χ3v) is 3.80. The lowest BCUT2D eigenvalue weighted by molar-refractivity contribution is -0.385. The molecule has 0 saturated heterocycles. The molecule has 1 aromatic heterocycles. The topological polar surface area (TPSA) is 101 Å². The Morgan fingerprint density at radius 1 is 1.33 bits per heavy atom. The minimum atomic E-state index is -0.632. The van der Waals surface area contributed by atoms with Crippen molar-refractivity contribution in [1.29, 1.82) is 0 Å². The van der Waals surface area contributed by atoms with Gasteiger partial charge in [0.05, 0.1) is 22.0 Å². The van der Waals surface area contributed by atoms with Crippen molar-refractivity contribution in [2.75, 3.05) is 0 Å². The van der Waals surface area contributed by atoms with Gasteiger partial charge in [-0.25, -0.2) is 4.98 Å². The van der Waals surface area contributed by atoms with E-state index in [4.69, 9.17) is 11.6 Å². The molecule has 0 saturated carbocycles. The summed E-state index contributed by atoms with van der Waals surface area (Å²) < 4.78 is 0. The van der Waals surface area contributed by atoms with E-state index in [9.17, 15) is 14.9 Å². The maximum atomic E-state index is 12.4. The quantitative estimate of drug-likeness (QED) is 0.557. The Kier molecular flexibility index (Phi) is 4.18. The van der Waals surface area contributed by atoms with E-state index in [1.165, 1.54) is 12.1 Å². The first kappa shape index (κ1) is 15.9. The van der Waals surface area contributed by atoms with Gasteiger partial charge < -0.3 is 10.3 Å². The van der Waals surface area contributed by atoms with Crippen LogP contribution in [0.3, 0.4) is 0 Å². The average molecular weight is 345 g/mol. The lowest BCUT2D eigenvalue weighted by Crippen LogP contribution is -2.28. The molecule has 8 heteroatoms. The second-order valence-electron chi connectivity index (χ2n) is 5.25. The summed E-state index contributed by atoms with van der Waals surface area (Å²) in [6, 6.07) is 11.0. The molecule has 1 amide bonds. The van der Waals surface area contributed by atoms with Gasteiger partial charge in [0.15, 0.2) is 0 Å². The summed E-state index contributed by atoms with van der Waals surface area (Å²) in [4.78, 5) is 30.4. The molecule has 7 nitrogen and oxygen atoms in total. The van der Waals surface area contributed by atoms with E-state index >= 15 is 0 Å². The Balaban J connectivity index is 1.85. The fourth-order valence-electron chi connectivity index (χ4n) is 2.37. The Morgan fingerprint density at radius 2 is 2.08 bits per heavy atom. The van der Waals surface area contributed by atoms with Crippen LogP contribution in [0.15, 0.2) is 42.5 Å². The zero-order chi connectivity index (χ0) is 17.3. The van der Waals surface area contributed by atoms with Gasteiger partial charge in [-0.2, -0.15) is 0 Å². The van der Waals surface area contributed by atoms with Crippen LogP contribution in [0.5, 0.6) is 0 Å². The van der Waals surface area contributed by atoms with Gasteiger partial charge in [-0.1, -0.05) is 23.7 Å². The Morgan fingerprint density at radius 3 is 2.79 bits per heavy atom. The summed E-state index contributed by atoms with van der Waals surface area (Å²) in [5.74, 6) is 0.00693. The molecule has 3 rings (SSSR count). The van der Waals surface area contributed by atoms with Gasteiger partial charge in [0.1, 0.15) is 11.4 Å². The number of fused-ring (bicyclic) bond motifs is 1. The number of nitrogens with one attached hydrogen (secondary N) is 2. The van der Waals surface area contributed by atoms with Crippen LogP contribution < -0.4 is 5.32 Å². The number of carbonyl (C=O) groups is 1. The predicted molar refractivity (Wildman–Crippen MR) is 90.1 cm³/mol. The number of H-pyrrole nitrogens is 1. The summed E-state index contributed by atoms with van der Waals surface area (Å²) >= 11 is 5.76. The van der Waals surface area contributed by atoms with Gasteiger partial charge in [-0.15, -0.1) is 0 Å². The highest BCUT2D eigenvalue weighted by Gasteiger charge is 2.23. The SMILES string of the molecule is CC(NC(=O)c1ccc(Cl)cc1[N+](=O)[O-])c1nc2ccccc2[nH]1. The standard InChI is InChI=1S/C16H13ClN4O3/c1-9(15-19-12-4-2-3-5-13(12)20-15)18-16(22)11-7-6-10(17)8-14(11)21(23)24/h2-9H,1H3,(H,18,22)(H,19,20). The highest BCUT2D eigenvalue weighted by atomic mass is 35.5. The minimum absolute atomic E-state index is 0.0487. The Bertz CT molecular complexity index is 905. The van der Waals surface area contributed by atoms with Crippen LogP contribution >= 0.6 is 11.6 Å². The van der Waals surface area contributed by atoms with Crippen LogP contribution in [-0.4, -0.2) is 20.8 Å². The van der Waals surface area contributed by atoms with Gasteiger partial charge in [-0.3, -0.25) is 14.9 Å². The van der Waals surface area contributed by atoms with E-state index < -0.39 is 16.9 Å². The molecular weight excluding hydrogens is 332 g/mol. The van der Waals surface area contributed by atoms with Crippen molar-refractivity contribution in [1.82, 2.24) is 15.3 Å². The molecule has 2 N–H and O–H groups in total. The third kappa shape index (κ3) is 3.07. The number of halogens is 1. The number of carbonyl (C=O) groups excluding carboxylic acids is 1. The maximum absolute atomic E-state index is 12.4. The van der Waals surface area contributed by atoms with Crippen molar-refractivity contribution in [2.45, 2.75) is 13.0 Å². The number of nitrogens with zero attached hydrogens (tertiary/aromatic N) is 2. The zero-order valence-electron chi connectivity index (χ0n) is 12.6. The van der Waals surface area contributed by atoms with Crippen LogP contribution in [0.4, 0.5) is 5.69 Å². The summed E-state index contributed by atoms with van der Waals surface area (Å²) in [6.07, 6.45) is 0. The number of hydrogen-bond acceptors (Lipinski definition) is 4. The van der Waals surface area contributed by atoms with Gasteiger partial charge in [-0.05, 0) is 31.2 Å². The predicted octanol–water partition coefficient (Wildman–Crippen LogP) is 3.62. The Hall–Kier alpha value is -2.93. The fourth-order valence-corrected chi connectivity index (χ4v) is 2.53. The number of benzene rings is 2. The van der Waals surface area contributed by atoms with E-state index in [1.807, 2.05) is 24.3 Å². The molecule has 1 atom stereocenters. The van der Waals surface area contributed by atoms with Crippen molar-refractivity contribution >= 4 is 34.2 Å². The first-order chi connectivity index (χ1) is 11.5. The van der Waals surface area contributed by atoms with Gasteiger partial charge in [0, 0.05) is 11.1 Å². The molecule has 0 spiro atoms. The van der Waals surface area contributed by atoms with Crippen LogP contribution in [0, 0.1) is 10.1 Å². The second-order valence-corrected chi connectivity index (χ2v) is 5.69. The van der Waals surface area contributed by atoms with Crippen molar-refractivity contribution in [3.05, 3.63) is 69.0 Å². The number of nitro benzene ring substituents is 1. The minimum Gasteiger partial charge on any atom is -0.342 e. The highest BCUT2D eigenvalue weighted by Crippen LogP contribution is 2.24. The van der Waals surface area contributed by atoms with Crippen molar-refractivity contribution in [3.63, 3.8) is 0 Å². The van der Waals surface area contributed by atoms with Gasteiger partial charge in [0.2, 0.25) is 0 Å². The van der Waals surface area contributed by atoms with E-state index in [-0.39, 0.29) is 16.3 Å². The van der Waals surface area contributed by atoms with Gasteiger partial charge in [0.25, 0.3) is 11.6 Å². The van der Waals surface area contributed by atoms with Crippen molar-refractivity contribution in [2.24, 2.45) is 0 Å². The number of para-hydroxylation sites is 2. The van der Waals surface area contributed by atoms with Crippen LogP contribution in [0.25, 0.3) is 11.0 Å². The molecular formula is C16H13ClN4O3. The molecule has 0 aliphatic heterocycles. The zero-order valence-corrected chi connectivity index (χ0v) is 13.4. The molecule has 0 radical (unpaired) electrons. The van der Waals surface area contributed by atoms with E-state index in [1.54, 1.807) is 6.92 Å². The number of imidazole rings is 1. The molecule has 0 aliphatic rings. The second kappa shape index (κ2) is 6.29. The summed E-state index contributed by atoms with van der Waals surface area (Å²) in [5.41, 5.74) is 1.25. The van der Waals surface area contributed by atoms with Crippen molar-refractivity contribution < 1.29 is 9.72 Å². The normalized spacial score (nSPS) is 12.1. The van der Waals surface area contributed by atoms with E-state index in [0.29, 0.717) is 5.82 Å². The molecule has 122 valence electrons. The van der Waals surface area contributed by atoms with E-state index in [2.05, 4.69) is 15.3 Å². The third-order valence-electron chi connectivity index (χ3n) is 3.57. The van der Waals surface area contributed by atoms with Gasteiger partial charge >= 0.3 is 0 Å². The number of aromatic amines is 1. The molecule has 1 heterocycles.